The molecular formula is C13H16O. The second-order valence-corrected chi connectivity index (χ2v) is 3.28. The lowest BCUT2D eigenvalue weighted by atomic mass is 9.97. The lowest BCUT2D eigenvalue weighted by Gasteiger charge is -2.14. The van der Waals surface area contributed by atoms with Gasteiger partial charge in [-0.25, -0.2) is 0 Å². The summed E-state index contributed by atoms with van der Waals surface area (Å²) in [5.41, 5.74) is 14.2. The molecule has 1 unspecified atom stereocenters. The Labute approximate surface area is 85.8 Å². The first-order valence-corrected chi connectivity index (χ1v) is 5.08. The molecule has 0 aliphatic heterocycles. The zero-order valence-corrected chi connectivity index (χ0v) is 9.11. The summed E-state index contributed by atoms with van der Waals surface area (Å²) in [5.74, 6) is 0. The van der Waals surface area contributed by atoms with Crippen LogP contribution in [0.5, 0.6) is 0 Å². The minimum Gasteiger partial charge on any atom is -0.381 e. The number of rotatable bonds is 5. The van der Waals surface area contributed by atoms with E-state index in [1.54, 1.807) is 7.11 Å². The van der Waals surface area contributed by atoms with Gasteiger partial charge in [-0.05, 0) is 24.3 Å². The molecule has 1 heteroatoms. The van der Waals surface area contributed by atoms with Crippen LogP contribution in [-0.4, -0.2) is 13.2 Å². The fourth-order valence-electron chi connectivity index (χ4n) is 1.46. The van der Waals surface area contributed by atoms with Crippen LogP contribution < -0.4 is 0 Å². The lowest BCUT2D eigenvalue weighted by Crippen LogP contribution is -2.10. The summed E-state index contributed by atoms with van der Waals surface area (Å²) in [4.78, 5) is 0. The molecule has 0 bridgehead atoms. The van der Waals surface area contributed by atoms with Crippen molar-refractivity contribution in [2.24, 2.45) is 0 Å². The second-order valence-electron chi connectivity index (χ2n) is 3.28. The van der Waals surface area contributed by atoms with Crippen LogP contribution in [0.4, 0.5) is 0 Å². The van der Waals surface area contributed by atoms with E-state index in [0.29, 0.717) is 0 Å². The quantitative estimate of drug-likeness (QED) is 0.602. The van der Waals surface area contributed by atoms with Crippen molar-refractivity contribution in [3.8, 4) is 0 Å². The maximum atomic E-state index is 5.34. The second kappa shape index (κ2) is 5.53. The van der Waals surface area contributed by atoms with Gasteiger partial charge in [-0.3, -0.25) is 0 Å². The first-order chi connectivity index (χ1) is 6.81. The van der Waals surface area contributed by atoms with Crippen LogP contribution in [0.3, 0.4) is 0 Å². The maximum Gasteiger partial charge on any atom is 0.0615 e. The summed E-state index contributed by atoms with van der Waals surface area (Å²) in [6.45, 7) is 4.24. The van der Waals surface area contributed by atoms with Crippen LogP contribution in [0.25, 0.3) is 0 Å². The van der Waals surface area contributed by atoms with Crippen molar-refractivity contribution in [3.05, 3.63) is 34.1 Å². The van der Waals surface area contributed by atoms with Crippen LogP contribution in [0.1, 0.15) is 33.1 Å². The van der Waals surface area contributed by atoms with Crippen molar-refractivity contribution < 1.29 is 4.74 Å². The molecular weight excluding hydrogens is 172 g/mol. The Morgan fingerprint density at radius 2 is 1.79 bits per heavy atom. The number of hydrogen-bond acceptors (Lipinski definition) is 1. The molecule has 0 heterocycles. The minimum absolute atomic E-state index is 0.278. The largest absolute Gasteiger partial charge is 0.381 e. The van der Waals surface area contributed by atoms with E-state index < -0.39 is 0 Å². The molecule has 0 aromatic heterocycles. The number of allylic oxidation sites excluding steroid dienone is 1. The van der Waals surface area contributed by atoms with Crippen LogP contribution >= 0.6 is 0 Å². The molecule has 0 saturated heterocycles. The van der Waals surface area contributed by atoms with Gasteiger partial charge in [0, 0.05) is 24.7 Å². The van der Waals surface area contributed by atoms with E-state index in [1.807, 2.05) is 0 Å². The van der Waals surface area contributed by atoms with Gasteiger partial charge in [0.15, 0.2) is 0 Å². The number of ether oxygens (including phenoxy) is 1. The molecule has 1 aliphatic rings. The van der Waals surface area contributed by atoms with Gasteiger partial charge in [-0.15, -0.1) is 0 Å². The van der Waals surface area contributed by atoms with E-state index in [4.69, 9.17) is 4.74 Å². The summed E-state index contributed by atoms with van der Waals surface area (Å²) in [5, 5.41) is 0. The van der Waals surface area contributed by atoms with Gasteiger partial charge in [0.1, 0.15) is 0 Å². The standard InChI is InChI=1S/C13H16O/c1-4-11-8-6-7-9-12(11)10-13(5-2)14-3/h13H,4-5,10H2,1-3H3. The molecule has 14 heavy (non-hydrogen) atoms. The van der Waals surface area contributed by atoms with Crippen molar-refractivity contribution >= 4 is 0 Å². The van der Waals surface area contributed by atoms with Crippen LogP contribution in [-0.2, 0) is 4.74 Å². The summed E-state index contributed by atoms with van der Waals surface area (Å²) in [6, 6.07) is 0. The van der Waals surface area contributed by atoms with E-state index in [1.165, 1.54) is 11.1 Å². The monoisotopic (exact) mass is 188 g/mol. The Bertz CT molecular complexity index is 360. The fourth-order valence-corrected chi connectivity index (χ4v) is 1.46. The van der Waals surface area contributed by atoms with E-state index in [0.717, 1.165) is 19.3 Å². The summed E-state index contributed by atoms with van der Waals surface area (Å²) >= 11 is 0. The fraction of sp³-hybridized carbons (Fsp3) is 0.538. The average molecular weight is 188 g/mol. The van der Waals surface area contributed by atoms with E-state index in [-0.39, 0.29) is 6.10 Å². The molecule has 1 nitrogen and oxygen atoms in total. The zero-order valence-electron chi connectivity index (χ0n) is 9.11. The number of hydrogen-bond donors (Lipinski definition) is 0. The van der Waals surface area contributed by atoms with Crippen molar-refractivity contribution in [3.63, 3.8) is 0 Å². The summed E-state index contributed by atoms with van der Waals surface area (Å²) in [6.07, 6.45) is 3.17. The van der Waals surface area contributed by atoms with Crippen LogP contribution in [0.15, 0.2) is 34.1 Å². The van der Waals surface area contributed by atoms with Gasteiger partial charge >= 0.3 is 0 Å². The maximum absolute atomic E-state index is 5.34. The minimum atomic E-state index is 0.278. The molecule has 0 saturated carbocycles. The highest BCUT2D eigenvalue weighted by molar-refractivity contribution is 5.31. The molecule has 1 aliphatic carbocycles. The van der Waals surface area contributed by atoms with Crippen LogP contribution in [0, 0.1) is 0 Å². The molecule has 0 radical (unpaired) electrons. The van der Waals surface area contributed by atoms with E-state index in [2.05, 4.69) is 36.8 Å². The van der Waals surface area contributed by atoms with Crippen molar-refractivity contribution in [1.29, 1.82) is 0 Å². The van der Waals surface area contributed by atoms with Gasteiger partial charge < -0.3 is 4.74 Å². The molecule has 74 valence electrons. The molecule has 0 spiro atoms. The third-order valence-electron chi connectivity index (χ3n) is 2.43. The van der Waals surface area contributed by atoms with Gasteiger partial charge in [0.05, 0.1) is 6.10 Å². The third kappa shape index (κ3) is 2.66. The topological polar surface area (TPSA) is 9.23 Å². The highest BCUT2D eigenvalue weighted by Crippen LogP contribution is 2.20. The Morgan fingerprint density at radius 3 is 2.29 bits per heavy atom. The Morgan fingerprint density at radius 1 is 1.14 bits per heavy atom. The Balaban J connectivity index is 2.77. The molecule has 0 N–H and O–H groups in total. The summed E-state index contributed by atoms with van der Waals surface area (Å²) < 4.78 is 5.34. The molecule has 1 rings (SSSR count). The molecule has 0 aromatic rings. The lowest BCUT2D eigenvalue weighted by molar-refractivity contribution is 0.100. The predicted molar refractivity (Wildman–Crippen MR) is 57.1 cm³/mol. The molecule has 0 aromatic carbocycles. The highest BCUT2D eigenvalue weighted by atomic mass is 16.5. The van der Waals surface area contributed by atoms with Crippen molar-refractivity contribution in [2.75, 3.05) is 7.11 Å². The summed E-state index contributed by atoms with van der Waals surface area (Å²) in [7, 11) is 1.75. The SMILES string of the molecule is CCC1=C=C=C=C=C1CC(CC)OC. The third-order valence-corrected chi connectivity index (χ3v) is 2.43. The van der Waals surface area contributed by atoms with Crippen LogP contribution in [0.2, 0.25) is 0 Å². The number of methoxy groups -OCH3 is 1. The van der Waals surface area contributed by atoms with Gasteiger partial charge in [0.2, 0.25) is 0 Å². The zero-order chi connectivity index (χ0) is 10.4. The highest BCUT2D eigenvalue weighted by Gasteiger charge is 2.11. The average Bonchev–Trinajstić information content (AvgIpc) is 2.26. The Hall–Kier alpha value is -1.18. The molecule has 1 atom stereocenters. The van der Waals surface area contributed by atoms with Gasteiger partial charge in [-0.1, -0.05) is 25.3 Å². The van der Waals surface area contributed by atoms with Crippen molar-refractivity contribution in [2.45, 2.75) is 39.2 Å². The smallest absolute Gasteiger partial charge is 0.0615 e. The first-order valence-electron chi connectivity index (χ1n) is 5.08. The predicted octanol–water partition coefficient (Wildman–Crippen LogP) is 3.14. The van der Waals surface area contributed by atoms with Crippen molar-refractivity contribution in [1.82, 2.24) is 0 Å². The van der Waals surface area contributed by atoms with Gasteiger partial charge in [-0.2, -0.15) is 0 Å². The Kier molecular flexibility index (Phi) is 4.30. The van der Waals surface area contributed by atoms with Gasteiger partial charge in [0.25, 0.3) is 0 Å². The first kappa shape index (κ1) is 10.9. The van der Waals surface area contributed by atoms with E-state index in [9.17, 15) is 0 Å². The normalized spacial score (nSPS) is 15.4. The molecule has 0 fully saturated rings. The van der Waals surface area contributed by atoms with E-state index >= 15 is 0 Å². The molecule has 0 amide bonds.